The summed E-state index contributed by atoms with van der Waals surface area (Å²) in [6.07, 6.45) is 0.187. The summed E-state index contributed by atoms with van der Waals surface area (Å²) in [5, 5.41) is 21.9. The van der Waals surface area contributed by atoms with Crippen LogP contribution in [0, 0.1) is 24.0 Å². The number of nitrogens with zero attached hydrogens (tertiary/aromatic N) is 8. The summed E-state index contributed by atoms with van der Waals surface area (Å²) in [5.41, 5.74) is 6.24. The standard InChI is InChI=1S/C32H28N8O6/c1-20-26-15-16-29(41)38(31(26)34-21(2)33-20)17-22-11-13-23(14-12-22)27-9-5-6-10-28(27)30-35-37-39(36-30)32(42)45-18-24-7-3-4-8-25(24)19-46-40(43)44/h3-14H,15-19H2,1-2H3. The van der Waals surface area contributed by atoms with Gasteiger partial charge < -0.3 is 9.57 Å². The number of carbonyl (C=O) groups is 2. The van der Waals surface area contributed by atoms with Crippen molar-refractivity contribution in [2.45, 2.75) is 46.4 Å². The van der Waals surface area contributed by atoms with Crippen LogP contribution in [-0.4, -0.2) is 47.3 Å². The van der Waals surface area contributed by atoms with E-state index in [1.54, 1.807) is 29.2 Å². The van der Waals surface area contributed by atoms with E-state index in [1.807, 2.05) is 62.4 Å². The first-order chi connectivity index (χ1) is 22.3. The number of anilines is 1. The number of aryl methyl sites for hydroxylation is 2. The lowest BCUT2D eigenvalue weighted by atomic mass is 9.98. The summed E-state index contributed by atoms with van der Waals surface area (Å²) in [6.45, 7) is 3.71. The highest BCUT2D eigenvalue weighted by molar-refractivity contribution is 5.95. The maximum atomic E-state index is 12.9. The fraction of sp³-hybridized carbons (Fsp3) is 0.219. The highest BCUT2D eigenvalue weighted by atomic mass is 16.9. The van der Waals surface area contributed by atoms with Gasteiger partial charge >= 0.3 is 6.09 Å². The highest BCUT2D eigenvalue weighted by Gasteiger charge is 2.28. The van der Waals surface area contributed by atoms with Gasteiger partial charge in [-0.3, -0.25) is 9.69 Å². The van der Waals surface area contributed by atoms with E-state index in [2.05, 4.69) is 30.2 Å². The Morgan fingerprint density at radius 2 is 1.61 bits per heavy atom. The molecule has 0 fully saturated rings. The number of tetrazole rings is 1. The molecule has 2 aromatic heterocycles. The third-order valence-electron chi connectivity index (χ3n) is 7.59. The van der Waals surface area contributed by atoms with Gasteiger partial charge in [-0.05, 0) is 53.3 Å². The summed E-state index contributed by atoms with van der Waals surface area (Å²) >= 11 is 0. The molecule has 0 saturated heterocycles. The largest absolute Gasteiger partial charge is 0.454 e. The molecule has 5 aromatic rings. The Kier molecular flexibility index (Phi) is 8.41. The number of ether oxygens (including phenoxy) is 1. The van der Waals surface area contributed by atoms with Gasteiger partial charge in [0.2, 0.25) is 11.7 Å². The minimum absolute atomic E-state index is 0.0279. The first-order valence-corrected chi connectivity index (χ1v) is 14.4. The number of aromatic nitrogens is 6. The number of rotatable bonds is 9. The van der Waals surface area contributed by atoms with Crippen molar-refractivity contribution < 1.29 is 24.3 Å². The molecule has 1 aliphatic rings. The quantitative estimate of drug-likeness (QED) is 0.164. The molecule has 0 aliphatic carbocycles. The lowest BCUT2D eigenvalue weighted by molar-refractivity contribution is -0.763. The van der Waals surface area contributed by atoms with Gasteiger partial charge in [0.1, 0.15) is 24.9 Å². The zero-order valence-corrected chi connectivity index (χ0v) is 25.0. The Morgan fingerprint density at radius 3 is 2.35 bits per heavy atom. The molecule has 3 aromatic carbocycles. The third kappa shape index (κ3) is 6.40. The van der Waals surface area contributed by atoms with Crippen molar-refractivity contribution in [2.24, 2.45) is 0 Å². The van der Waals surface area contributed by atoms with E-state index >= 15 is 0 Å². The van der Waals surface area contributed by atoms with Crippen LogP contribution in [0.2, 0.25) is 0 Å². The Hall–Kier alpha value is -6.05. The summed E-state index contributed by atoms with van der Waals surface area (Å²) in [4.78, 5) is 52.2. The molecule has 0 saturated carbocycles. The van der Waals surface area contributed by atoms with Crippen LogP contribution in [0.5, 0.6) is 0 Å². The molecule has 0 unspecified atom stereocenters. The molecule has 1 aliphatic heterocycles. The van der Waals surface area contributed by atoms with Crippen LogP contribution in [0.4, 0.5) is 10.6 Å². The van der Waals surface area contributed by atoms with Gasteiger partial charge in [0, 0.05) is 23.2 Å². The predicted molar refractivity (Wildman–Crippen MR) is 164 cm³/mol. The van der Waals surface area contributed by atoms with Crippen molar-refractivity contribution in [1.29, 1.82) is 0 Å². The van der Waals surface area contributed by atoms with Crippen molar-refractivity contribution in [2.75, 3.05) is 4.90 Å². The van der Waals surface area contributed by atoms with Crippen LogP contribution in [0.25, 0.3) is 22.5 Å². The summed E-state index contributed by atoms with van der Waals surface area (Å²) in [5.74, 6) is 1.56. The summed E-state index contributed by atoms with van der Waals surface area (Å²) < 4.78 is 5.34. The van der Waals surface area contributed by atoms with Crippen LogP contribution in [0.3, 0.4) is 0 Å². The number of hydrogen-bond acceptors (Lipinski definition) is 11. The van der Waals surface area contributed by atoms with Gasteiger partial charge in [-0.2, -0.15) is 0 Å². The molecule has 6 rings (SSSR count). The Bertz CT molecular complexity index is 1940. The molecule has 14 nitrogen and oxygen atoms in total. The molecule has 232 valence electrons. The second-order valence-corrected chi connectivity index (χ2v) is 10.6. The Morgan fingerprint density at radius 1 is 0.913 bits per heavy atom. The van der Waals surface area contributed by atoms with E-state index in [0.29, 0.717) is 47.7 Å². The zero-order chi connectivity index (χ0) is 32.2. The van der Waals surface area contributed by atoms with Gasteiger partial charge in [-0.15, -0.1) is 20.3 Å². The smallest absolute Gasteiger partial charge is 0.442 e. The molecule has 0 spiro atoms. The van der Waals surface area contributed by atoms with E-state index in [1.165, 1.54) is 0 Å². The molecule has 46 heavy (non-hydrogen) atoms. The van der Waals surface area contributed by atoms with Gasteiger partial charge in [-0.1, -0.05) is 77.6 Å². The predicted octanol–water partition coefficient (Wildman–Crippen LogP) is 4.79. The monoisotopic (exact) mass is 620 g/mol. The van der Waals surface area contributed by atoms with E-state index in [-0.39, 0.29) is 24.9 Å². The van der Waals surface area contributed by atoms with Crippen molar-refractivity contribution in [1.82, 2.24) is 30.2 Å². The molecule has 14 heteroatoms. The minimum Gasteiger partial charge on any atom is -0.442 e. The third-order valence-corrected chi connectivity index (χ3v) is 7.59. The molecule has 0 radical (unpaired) electrons. The average Bonchev–Trinajstić information content (AvgIpc) is 3.55. The second kappa shape index (κ2) is 12.9. The van der Waals surface area contributed by atoms with Crippen LogP contribution >= 0.6 is 0 Å². The van der Waals surface area contributed by atoms with Crippen molar-refractivity contribution >= 4 is 17.8 Å². The number of carbonyl (C=O) groups excluding carboxylic acids is 2. The molecule has 0 bridgehead atoms. The molecule has 0 N–H and O–H groups in total. The average molecular weight is 621 g/mol. The van der Waals surface area contributed by atoms with Gasteiger partial charge in [0.05, 0.1) is 6.54 Å². The first kappa shape index (κ1) is 30.0. The van der Waals surface area contributed by atoms with E-state index in [0.717, 1.165) is 32.7 Å². The SMILES string of the molecule is Cc1nc(C)c2c(n1)N(Cc1ccc(-c3ccccc3-c3nnn(C(=O)OCc4ccccc4CO[N+](=O)[O-])n3)cc1)C(=O)CC2. The van der Waals surface area contributed by atoms with Crippen LogP contribution in [0.1, 0.15) is 40.2 Å². The number of amides is 1. The van der Waals surface area contributed by atoms with Crippen LogP contribution in [0.15, 0.2) is 72.8 Å². The minimum atomic E-state index is -0.885. The zero-order valence-electron chi connectivity index (χ0n) is 25.0. The van der Waals surface area contributed by atoms with Crippen molar-refractivity contribution in [3.8, 4) is 22.5 Å². The molecule has 0 atom stereocenters. The summed E-state index contributed by atoms with van der Waals surface area (Å²) in [7, 11) is 0. The number of benzene rings is 3. The highest BCUT2D eigenvalue weighted by Crippen LogP contribution is 2.32. The lowest BCUT2D eigenvalue weighted by Gasteiger charge is -2.29. The van der Waals surface area contributed by atoms with E-state index in [9.17, 15) is 19.7 Å². The van der Waals surface area contributed by atoms with E-state index in [4.69, 9.17) is 4.74 Å². The Labute approximate surface area is 262 Å². The van der Waals surface area contributed by atoms with Gasteiger partial charge in [0.25, 0.3) is 5.09 Å². The first-order valence-electron chi connectivity index (χ1n) is 14.4. The van der Waals surface area contributed by atoms with Crippen LogP contribution in [-0.2, 0) is 40.5 Å². The fourth-order valence-electron chi connectivity index (χ4n) is 5.34. The van der Waals surface area contributed by atoms with Crippen molar-refractivity contribution in [3.05, 3.63) is 117 Å². The number of fused-ring (bicyclic) bond motifs is 1. The lowest BCUT2D eigenvalue weighted by Crippen LogP contribution is -2.36. The summed E-state index contributed by atoms with van der Waals surface area (Å²) in [6, 6.07) is 22.0. The fourth-order valence-corrected chi connectivity index (χ4v) is 5.34. The molecular weight excluding hydrogens is 592 g/mol. The molecule has 1 amide bonds. The Balaban J connectivity index is 1.17. The van der Waals surface area contributed by atoms with Crippen LogP contribution < -0.4 is 4.90 Å². The normalized spacial score (nSPS) is 12.5. The maximum absolute atomic E-state index is 12.9. The second-order valence-electron chi connectivity index (χ2n) is 10.6. The van der Waals surface area contributed by atoms with Gasteiger partial charge in [0.15, 0.2) is 0 Å². The molecule has 3 heterocycles. The van der Waals surface area contributed by atoms with Crippen molar-refractivity contribution in [3.63, 3.8) is 0 Å². The maximum Gasteiger partial charge on any atom is 0.454 e. The molecular formula is C32H28N8O6. The van der Waals surface area contributed by atoms with Gasteiger partial charge in [-0.25, -0.2) is 14.8 Å². The topological polar surface area (TPSA) is 168 Å². The number of hydrogen-bond donors (Lipinski definition) is 0. The van der Waals surface area contributed by atoms with E-state index < -0.39 is 11.2 Å².